The maximum Gasteiger partial charge on any atom is 0.0591 e. The fourth-order valence-corrected chi connectivity index (χ4v) is 1.84. The molecule has 1 fully saturated rings. The van der Waals surface area contributed by atoms with Crippen LogP contribution in [0, 0.1) is 5.92 Å². The monoisotopic (exact) mass is 229 g/mol. The van der Waals surface area contributed by atoms with Crippen molar-refractivity contribution in [2.24, 2.45) is 5.92 Å². The lowest BCUT2D eigenvalue weighted by molar-refractivity contribution is 0.0399. The fourth-order valence-electron chi connectivity index (χ4n) is 1.84. The van der Waals surface area contributed by atoms with Gasteiger partial charge in [0, 0.05) is 31.9 Å². The van der Waals surface area contributed by atoms with Crippen LogP contribution in [0.5, 0.6) is 0 Å². The zero-order valence-corrected chi connectivity index (χ0v) is 11.1. The lowest BCUT2D eigenvalue weighted by Crippen LogP contribution is -2.47. The van der Waals surface area contributed by atoms with Crippen LogP contribution in [0.25, 0.3) is 0 Å². The molecule has 3 heteroatoms. The van der Waals surface area contributed by atoms with Crippen LogP contribution in [0.3, 0.4) is 0 Å². The molecule has 96 valence electrons. The van der Waals surface area contributed by atoms with E-state index in [1.54, 1.807) is 0 Å². The highest BCUT2D eigenvalue weighted by Crippen LogP contribution is 2.19. The van der Waals surface area contributed by atoms with Gasteiger partial charge in [-0.05, 0) is 32.1 Å². The van der Waals surface area contributed by atoms with Crippen molar-refractivity contribution in [3.63, 3.8) is 0 Å². The molecule has 0 bridgehead atoms. The van der Waals surface area contributed by atoms with Crippen LogP contribution >= 0.6 is 0 Å². The topological polar surface area (TPSA) is 30.5 Å². The Morgan fingerprint density at radius 1 is 1.25 bits per heavy atom. The minimum Gasteiger partial charge on any atom is -0.381 e. The molecule has 0 aromatic heterocycles. The molecule has 0 aliphatic carbocycles. The lowest BCUT2D eigenvalue weighted by atomic mass is 9.93. The summed E-state index contributed by atoms with van der Waals surface area (Å²) in [5.74, 6) is 0.737. The first-order valence-corrected chi connectivity index (χ1v) is 6.53. The van der Waals surface area contributed by atoms with Gasteiger partial charge in [0.05, 0.1) is 6.61 Å². The van der Waals surface area contributed by atoms with Crippen LogP contribution in [0.2, 0.25) is 0 Å². The zero-order valence-electron chi connectivity index (χ0n) is 11.1. The van der Waals surface area contributed by atoms with Crippen LogP contribution in [0.15, 0.2) is 0 Å². The molecule has 0 spiro atoms. The molecule has 1 aliphatic rings. The molecule has 16 heavy (non-hydrogen) atoms. The van der Waals surface area contributed by atoms with Crippen LogP contribution < -0.4 is 5.32 Å². The van der Waals surface area contributed by atoms with Crippen LogP contribution in [0.4, 0.5) is 0 Å². The molecule has 1 heterocycles. The predicted octanol–water partition coefficient (Wildman–Crippen LogP) is 2.21. The van der Waals surface area contributed by atoms with Crippen LogP contribution in [-0.2, 0) is 9.47 Å². The van der Waals surface area contributed by atoms with E-state index in [4.69, 9.17) is 9.47 Å². The lowest BCUT2D eigenvalue weighted by Gasteiger charge is -2.34. The summed E-state index contributed by atoms with van der Waals surface area (Å²) in [7, 11) is 0. The highest BCUT2D eigenvalue weighted by molar-refractivity contribution is 4.84. The average molecular weight is 229 g/mol. The van der Waals surface area contributed by atoms with E-state index in [9.17, 15) is 0 Å². The van der Waals surface area contributed by atoms with E-state index in [-0.39, 0.29) is 5.54 Å². The van der Waals surface area contributed by atoms with Gasteiger partial charge in [0.15, 0.2) is 0 Å². The summed E-state index contributed by atoms with van der Waals surface area (Å²) in [4.78, 5) is 0. The first-order valence-electron chi connectivity index (χ1n) is 6.53. The summed E-state index contributed by atoms with van der Waals surface area (Å²) in [5, 5.41) is 3.58. The second-order valence-electron chi connectivity index (χ2n) is 5.39. The van der Waals surface area contributed by atoms with Crippen molar-refractivity contribution in [1.82, 2.24) is 5.32 Å². The van der Waals surface area contributed by atoms with Gasteiger partial charge < -0.3 is 14.8 Å². The molecule has 1 rings (SSSR count). The molecule has 1 saturated heterocycles. The number of hydrogen-bond acceptors (Lipinski definition) is 3. The van der Waals surface area contributed by atoms with Gasteiger partial charge in [-0.25, -0.2) is 0 Å². The Morgan fingerprint density at radius 2 is 1.94 bits per heavy atom. The summed E-state index contributed by atoms with van der Waals surface area (Å²) in [6, 6.07) is 0. The van der Waals surface area contributed by atoms with Crippen molar-refractivity contribution in [3.8, 4) is 0 Å². The van der Waals surface area contributed by atoms with Gasteiger partial charge in [-0.1, -0.05) is 13.8 Å². The van der Waals surface area contributed by atoms with E-state index in [0.717, 1.165) is 58.2 Å². The smallest absolute Gasteiger partial charge is 0.0591 e. The first kappa shape index (κ1) is 13.9. The van der Waals surface area contributed by atoms with Gasteiger partial charge in [0.25, 0.3) is 0 Å². The second-order valence-corrected chi connectivity index (χ2v) is 5.39. The van der Waals surface area contributed by atoms with Crippen molar-refractivity contribution in [2.45, 2.75) is 45.6 Å². The predicted molar refractivity (Wildman–Crippen MR) is 66.7 cm³/mol. The number of nitrogens with one attached hydrogen (secondary N) is 1. The number of ether oxygens (including phenoxy) is 2. The average Bonchev–Trinajstić information content (AvgIpc) is 2.24. The van der Waals surface area contributed by atoms with Gasteiger partial charge in [0.2, 0.25) is 0 Å². The van der Waals surface area contributed by atoms with Crippen molar-refractivity contribution in [1.29, 1.82) is 0 Å². The first-order chi connectivity index (χ1) is 7.62. The third-order valence-electron chi connectivity index (χ3n) is 3.23. The summed E-state index contributed by atoms with van der Waals surface area (Å²) >= 11 is 0. The molecule has 0 saturated carbocycles. The van der Waals surface area contributed by atoms with E-state index >= 15 is 0 Å². The maximum absolute atomic E-state index is 5.59. The Morgan fingerprint density at radius 3 is 2.56 bits per heavy atom. The Kier molecular flexibility index (Phi) is 6.32. The Bertz CT molecular complexity index is 177. The minimum atomic E-state index is 0.264. The molecule has 0 aromatic carbocycles. The fraction of sp³-hybridized carbons (Fsp3) is 1.00. The quantitative estimate of drug-likeness (QED) is 0.679. The number of hydrogen-bond donors (Lipinski definition) is 1. The summed E-state index contributed by atoms with van der Waals surface area (Å²) in [6.45, 7) is 11.2. The van der Waals surface area contributed by atoms with Crippen molar-refractivity contribution >= 4 is 0 Å². The molecule has 0 aromatic rings. The minimum absolute atomic E-state index is 0.264. The molecule has 0 atom stereocenters. The molecule has 1 aliphatic heterocycles. The van der Waals surface area contributed by atoms with E-state index in [1.807, 2.05) is 0 Å². The summed E-state index contributed by atoms with van der Waals surface area (Å²) in [6.07, 6.45) is 3.38. The molecular formula is C13H27NO2. The van der Waals surface area contributed by atoms with Crippen LogP contribution in [-0.4, -0.2) is 38.5 Å². The van der Waals surface area contributed by atoms with E-state index in [2.05, 4.69) is 26.1 Å². The maximum atomic E-state index is 5.59. The summed E-state index contributed by atoms with van der Waals surface area (Å²) in [5.41, 5.74) is 0.264. The third-order valence-corrected chi connectivity index (χ3v) is 3.23. The molecule has 1 N–H and O–H groups in total. The van der Waals surface area contributed by atoms with E-state index < -0.39 is 0 Å². The largest absolute Gasteiger partial charge is 0.381 e. The van der Waals surface area contributed by atoms with Crippen molar-refractivity contribution < 1.29 is 9.47 Å². The molecule has 0 radical (unpaired) electrons. The summed E-state index contributed by atoms with van der Waals surface area (Å²) < 4.78 is 11.0. The van der Waals surface area contributed by atoms with Crippen molar-refractivity contribution in [3.05, 3.63) is 0 Å². The van der Waals surface area contributed by atoms with Gasteiger partial charge in [-0.2, -0.15) is 0 Å². The Hall–Kier alpha value is -0.120. The molecule has 0 amide bonds. The van der Waals surface area contributed by atoms with Gasteiger partial charge >= 0.3 is 0 Å². The molecule has 0 unspecified atom stereocenters. The van der Waals surface area contributed by atoms with E-state index in [0.29, 0.717) is 0 Å². The van der Waals surface area contributed by atoms with Gasteiger partial charge in [-0.3, -0.25) is 0 Å². The normalized spacial score (nSPS) is 20.2. The number of rotatable bonds is 7. The Balaban J connectivity index is 1.97. The van der Waals surface area contributed by atoms with Gasteiger partial charge in [-0.15, -0.1) is 0 Å². The highest BCUT2D eigenvalue weighted by atomic mass is 16.5. The van der Waals surface area contributed by atoms with Gasteiger partial charge in [0.1, 0.15) is 0 Å². The SMILES string of the molecule is CC(C)CCOCCNC1(C)CCOCC1. The zero-order chi connectivity index (χ0) is 11.9. The molecule has 3 nitrogen and oxygen atoms in total. The third kappa shape index (κ3) is 5.83. The molecular weight excluding hydrogens is 202 g/mol. The Labute approximate surface area is 99.9 Å². The van der Waals surface area contributed by atoms with E-state index in [1.165, 1.54) is 0 Å². The highest BCUT2D eigenvalue weighted by Gasteiger charge is 2.25. The second kappa shape index (κ2) is 7.25. The van der Waals surface area contributed by atoms with Crippen LogP contribution in [0.1, 0.15) is 40.0 Å². The van der Waals surface area contributed by atoms with Crippen molar-refractivity contribution in [2.75, 3.05) is 33.0 Å². The standard InChI is InChI=1S/C13H27NO2/c1-12(2)4-8-15-11-7-14-13(3)5-9-16-10-6-13/h12,14H,4-11H2,1-3H3.